The lowest BCUT2D eigenvalue weighted by atomic mass is 9.66. The zero-order valence-electron chi connectivity index (χ0n) is 13.2. The molecule has 2 aromatic rings. The molecule has 0 spiro atoms. The van der Waals surface area contributed by atoms with E-state index < -0.39 is 0 Å². The van der Waals surface area contributed by atoms with Crippen LogP contribution in [0.3, 0.4) is 0 Å². The summed E-state index contributed by atoms with van der Waals surface area (Å²) in [6.45, 7) is 5.12. The molecule has 0 aliphatic heterocycles. The number of aryl methyl sites for hydroxylation is 3. The van der Waals surface area contributed by atoms with Crippen LogP contribution in [0.4, 0.5) is 0 Å². The quantitative estimate of drug-likeness (QED) is 0.900. The Balaban J connectivity index is 2.04. The molecule has 0 aromatic heterocycles. The maximum Gasteiger partial charge on any atom is 0.0119 e. The summed E-state index contributed by atoms with van der Waals surface area (Å²) in [6.07, 6.45) is 4.71. The van der Waals surface area contributed by atoms with E-state index in [1.54, 1.807) is 0 Å². The van der Waals surface area contributed by atoms with Crippen LogP contribution in [0.5, 0.6) is 0 Å². The van der Waals surface area contributed by atoms with Gasteiger partial charge in [0.15, 0.2) is 0 Å². The van der Waals surface area contributed by atoms with E-state index in [2.05, 4.69) is 56.3 Å². The van der Waals surface area contributed by atoms with E-state index in [1.165, 1.54) is 47.1 Å². The Hall–Kier alpha value is -1.60. The molecule has 0 saturated carbocycles. The topological polar surface area (TPSA) is 26.0 Å². The van der Waals surface area contributed by atoms with Gasteiger partial charge in [-0.3, -0.25) is 0 Å². The van der Waals surface area contributed by atoms with Crippen LogP contribution < -0.4 is 5.73 Å². The second-order valence-corrected chi connectivity index (χ2v) is 6.60. The van der Waals surface area contributed by atoms with Crippen molar-refractivity contribution in [3.63, 3.8) is 0 Å². The largest absolute Gasteiger partial charge is 0.330 e. The summed E-state index contributed by atoms with van der Waals surface area (Å²) in [7, 11) is 0. The van der Waals surface area contributed by atoms with Gasteiger partial charge in [0, 0.05) is 12.0 Å². The molecule has 110 valence electrons. The van der Waals surface area contributed by atoms with Crippen molar-refractivity contribution in [3.05, 3.63) is 70.3 Å². The third-order valence-corrected chi connectivity index (χ3v) is 5.11. The van der Waals surface area contributed by atoms with Crippen molar-refractivity contribution < 1.29 is 0 Å². The standard InChI is InChI=1S/C20H25N/c1-15-9-10-16(2)18(12-15)13-20(14-21)11-5-7-17-6-3-4-8-19(17)20/h3-4,6,8-10,12H,5,7,11,13-14,21H2,1-2H3. The van der Waals surface area contributed by atoms with Crippen molar-refractivity contribution in [3.8, 4) is 0 Å². The van der Waals surface area contributed by atoms with E-state index in [9.17, 15) is 0 Å². The minimum Gasteiger partial charge on any atom is -0.330 e. The minimum absolute atomic E-state index is 0.118. The first kappa shape index (κ1) is 14.3. The Morgan fingerprint density at radius 3 is 2.71 bits per heavy atom. The van der Waals surface area contributed by atoms with Crippen molar-refractivity contribution in [1.29, 1.82) is 0 Å². The number of hydrogen-bond donors (Lipinski definition) is 1. The first-order chi connectivity index (χ1) is 10.1. The lowest BCUT2D eigenvalue weighted by Crippen LogP contribution is -2.40. The van der Waals surface area contributed by atoms with Crippen molar-refractivity contribution >= 4 is 0 Å². The van der Waals surface area contributed by atoms with Crippen LogP contribution in [0.2, 0.25) is 0 Å². The van der Waals surface area contributed by atoms with E-state index in [0.717, 1.165) is 13.0 Å². The van der Waals surface area contributed by atoms with Gasteiger partial charge in [0.05, 0.1) is 0 Å². The Morgan fingerprint density at radius 1 is 1.10 bits per heavy atom. The predicted octanol–water partition coefficient (Wildman–Crippen LogP) is 4.08. The monoisotopic (exact) mass is 279 g/mol. The second-order valence-electron chi connectivity index (χ2n) is 6.60. The summed E-state index contributed by atoms with van der Waals surface area (Å²) < 4.78 is 0. The van der Waals surface area contributed by atoms with Gasteiger partial charge in [-0.1, -0.05) is 48.0 Å². The van der Waals surface area contributed by atoms with Gasteiger partial charge >= 0.3 is 0 Å². The molecule has 0 amide bonds. The second kappa shape index (κ2) is 5.65. The first-order valence-corrected chi connectivity index (χ1v) is 7.99. The molecule has 0 fully saturated rings. The zero-order chi connectivity index (χ0) is 14.9. The fourth-order valence-electron chi connectivity index (χ4n) is 3.83. The summed E-state index contributed by atoms with van der Waals surface area (Å²) in [5, 5.41) is 0. The fraction of sp³-hybridized carbons (Fsp3) is 0.400. The summed E-state index contributed by atoms with van der Waals surface area (Å²) in [4.78, 5) is 0. The Labute approximate surface area is 128 Å². The Kier molecular flexibility index (Phi) is 3.86. The molecule has 2 aromatic carbocycles. The molecule has 2 N–H and O–H groups in total. The summed E-state index contributed by atoms with van der Waals surface area (Å²) >= 11 is 0. The Bertz CT molecular complexity index is 644. The highest BCUT2D eigenvalue weighted by atomic mass is 14.6. The smallest absolute Gasteiger partial charge is 0.0119 e. The highest BCUT2D eigenvalue weighted by Crippen LogP contribution is 2.39. The highest BCUT2D eigenvalue weighted by Gasteiger charge is 2.35. The summed E-state index contributed by atoms with van der Waals surface area (Å²) in [5.41, 5.74) is 13.6. The third-order valence-electron chi connectivity index (χ3n) is 5.11. The molecular weight excluding hydrogens is 254 g/mol. The maximum absolute atomic E-state index is 6.29. The normalized spacial score (nSPS) is 21.1. The number of fused-ring (bicyclic) bond motifs is 1. The van der Waals surface area contributed by atoms with E-state index in [1.807, 2.05) is 0 Å². The van der Waals surface area contributed by atoms with E-state index in [4.69, 9.17) is 5.73 Å². The summed E-state index contributed by atoms with van der Waals surface area (Å²) in [5.74, 6) is 0. The SMILES string of the molecule is Cc1ccc(C)c(CC2(CN)CCCc3ccccc32)c1. The number of rotatable bonds is 3. The lowest BCUT2D eigenvalue weighted by Gasteiger charge is -2.39. The van der Waals surface area contributed by atoms with Crippen LogP contribution in [-0.4, -0.2) is 6.54 Å². The minimum atomic E-state index is 0.118. The molecule has 1 heteroatoms. The van der Waals surface area contributed by atoms with Gasteiger partial charge in [-0.2, -0.15) is 0 Å². The molecule has 3 rings (SSSR count). The van der Waals surface area contributed by atoms with Crippen molar-refractivity contribution in [1.82, 2.24) is 0 Å². The van der Waals surface area contributed by atoms with Crippen LogP contribution in [0, 0.1) is 13.8 Å². The van der Waals surface area contributed by atoms with Crippen LogP contribution in [0.25, 0.3) is 0 Å². The molecule has 0 heterocycles. The molecule has 0 bridgehead atoms. The lowest BCUT2D eigenvalue weighted by molar-refractivity contribution is 0.365. The molecule has 1 unspecified atom stereocenters. The van der Waals surface area contributed by atoms with Crippen molar-refractivity contribution in [2.45, 2.75) is 44.9 Å². The van der Waals surface area contributed by atoms with Gasteiger partial charge in [0.1, 0.15) is 0 Å². The van der Waals surface area contributed by atoms with Gasteiger partial charge < -0.3 is 5.73 Å². The fourth-order valence-corrected chi connectivity index (χ4v) is 3.83. The third kappa shape index (κ3) is 2.63. The van der Waals surface area contributed by atoms with E-state index >= 15 is 0 Å². The zero-order valence-corrected chi connectivity index (χ0v) is 13.2. The molecule has 1 atom stereocenters. The van der Waals surface area contributed by atoms with Gasteiger partial charge in [-0.15, -0.1) is 0 Å². The van der Waals surface area contributed by atoms with Gasteiger partial charge in [-0.05, 0) is 61.8 Å². The molecule has 1 aliphatic rings. The van der Waals surface area contributed by atoms with Crippen LogP contribution in [0.15, 0.2) is 42.5 Å². The van der Waals surface area contributed by atoms with E-state index in [0.29, 0.717) is 0 Å². The highest BCUT2D eigenvalue weighted by molar-refractivity contribution is 5.41. The van der Waals surface area contributed by atoms with Gasteiger partial charge in [-0.25, -0.2) is 0 Å². The average molecular weight is 279 g/mol. The molecule has 21 heavy (non-hydrogen) atoms. The van der Waals surface area contributed by atoms with Crippen molar-refractivity contribution in [2.24, 2.45) is 5.73 Å². The van der Waals surface area contributed by atoms with Crippen LogP contribution in [-0.2, 0) is 18.3 Å². The van der Waals surface area contributed by atoms with E-state index in [-0.39, 0.29) is 5.41 Å². The van der Waals surface area contributed by atoms with Crippen molar-refractivity contribution in [2.75, 3.05) is 6.54 Å². The molecule has 0 saturated heterocycles. The maximum atomic E-state index is 6.29. The Morgan fingerprint density at radius 2 is 1.90 bits per heavy atom. The molecule has 0 radical (unpaired) electrons. The molecule has 1 nitrogen and oxygen atoms in total. The predicted molar refractivity (Wildman–Crippen MR) is 89.7 cm³/mol. The molecular formula is C20H25N. The van der Waals surface area contributed by atoms with Crippen LogP contribution >= 0.6 is 0 Å². The number of hydrogen-bond acceptors (Lipinski definition) is 1. The average Bonchev–Trinajstić information content (AvgIpc) is 2.51. The number of nitrogens with two attached hydrogens (primary N) is 1. The van der Waals surface area contributed by atoms with Gasteiger partial charge in [0.2, 0.25) is 0 Å². The summed E-state index contributed by atoms with van der Waals surface area (Å²) in [6, 6.07) is 15.7. The van der Waals surface area contributed by atoms with Crippen LogP contribution in [0.1, 0.15) is 40.7 Å². The first-order valence-electron chi connectivity index (χ1n) is 7.99. The number of benzene rings is 2. The van der Waals surface area contributed by atoms with Gasteiger partial charge in [0.25, 0.3) is 0 Å². The molecule has 1 aliphatic carbocycles.